The Morgan fingerprint density at radius 2 is 1.81 bits per heavy atom. The molecule has 4 rings (SSSR count). The summed E-state index contributed by atoms with van der Waals surface area (Å²) in [4.78, 5) is 2.69. The van der Waals surface area contributed by atoms with Gasteiger partial charge in [0, 0.05) is 24.7 Å². The van der Waals surface area contributed by atoms with Gasteiger partial charge in [-0.1, -0.05) is 6.92 Å². The average Bonchev–Trinajstić information content (AvgIpc) is 2.76. The van der Waals surface area contributed by atoms with Crippen LogP contribution in [-0.4, -0.2) is 34.6 Å². The van der Waals surface area contributed by atoms with Crippen molar-refractivity contribution < 1.29 is 12.8 Å². The molecule has 138 valence electrons. The van der Waals surface area contributed by atoms with Crippen molar-refractivity contribution in [1.29, 1.82) is 0 Å². The maximum absolute atomic E-state index is 13.2. The van der Waals surface area contributed by atoms with E-state index in [0.29, 0.717) is 17.9 Å². The second-order valence-electron chi connectivity index (χ2n) is 7.35. The minimum atomic E-state index is -3.66. The van der Waals surface area contributed by atoms with Crippen LogP contribution in [0.5, 0.6) is 0 Å². The highest BCUT2D eigenvalue weighted by Gasteiger charge is 2.41. The van der Waals surface area contributed by atoms with Gasteiger partial charge in [0.05, 0.1) is 9.79 Å². The molecule has 1 saturated heterocycles. The second kappa shape index (κ2) is 6.35. The van der Waals surface area contributed by atoms with Crippen LogP contribution in [0.4, 0.5) is 10.1 Å². The van der Waals surface area contributed by atoms with Crippen LogP contribution < -0.4 is 10.2 Å². The van der Waals surface area contributed by atoms with Gasteiger partial charge in [0.25, 0.3) is 0 Å². The zero-order chi connectivity index (χ0) is 18.5. The second-order valence-corrected chi connectivity index (χ2v) is 9.30. The van der Waals surface area contributed by atoms with Gasteiger partial charge in [-0.2, -0.15) is 0 Å². The SMILES string of the molecule is CC1CNCC[C@@H]2[C@H]1c1cc(S(=O)(=O)c3ccc(F)cc3)ccc1N2C. The molecule has 2 aromatic rings. The summed E-state index contributed by atoms with van der Waals surface area (Å²) in [5.41, 5.74) is 2.23. The molecule has 1 N–H and O–H groups in total. The van der Waals surface area contributed by atoms with E-state index in [1.54, 1.807) is 6.07 Å². The number of rotatable bonds is 2. The van der Waals surface area contributed by atoms with E-state index in [0.717, 1.165) is 30.8 Å². The first kappa shape index (κ1) is 17.5. The number of anilines is 1. The Labute approximate surface area is 153 Å². The lowest BCUT2D eigenvalue weighted by molar-refractivity contribution is 0.424. The minimum Gasteiger partial charge on any atom is -0.371 e. The number of nitrogens with zero attached hydrogens (tertiary/aromatic N) is 1. The van der Waals surface area contributed by atoms with Crippen molar-refractivity contribution in [3.8, 4) is 0 Å². The zero-order valence-electron chi connectivity index (χ0n) is 14.9. The van der Waals surface area contributed by atoms with E-state index in [9.17, 15) is 12.8 Å². The summed E-state index contributed by atoms with van der Waals surface area (Å²) in [6.07, 6.45) is 1.04. The molecule has 0 radical (unpaired) electrons. The third-order valence-corrected chi connectivity index (χ3v) is 7.55. The third-order valence-electron chi connectivity index (χ3n) is 5.78. The fourth-order valence-electron chi connectivity index (χ4n) is 4.43. The fraction of sp³-hybridized carbons (Fsp3) is 0.400. The van der Waals surface area contributed by atoms with Gasteiger partial charge in [0.1, 0.15) is 5.82 Å². The molecule has 0 aliphatic carbocycles. The average molecular weight is 374 g/mol. The first-order valence-corrected chi connectivity index (χ1v) is 10.5. The highest BCUT2D eigenvalue weighted by Crippen LogP contribution is 2.46. The minimum absolute atomic E-state index is 0.123. The number of halogens is 1. The van der Waals surface area contributed by atoms with Crippen molar-refractivity contribution in [1.82, 2.24) is 5.32 Å². The van der Waals surface area contributed by atoms with Crippen LogP contribution in [0.1, 0.15) is 24.8 Å². The Hall–Kier alpha value is -1.92. The van der Waals surface area contributed by atoms with E-state index < -0.39 is 15.7 Å². The highest BCUT2D eigenvalue weighted by molar-refractivity contribution is 7.91. The van der Waals surface area contributed by atoms with Crippen molar-refractivity contribution >= 4 is 15.5 Å². The monoisotopic (exact) mass is 374 g/mol. The first-order valence-electron chi connectivity index (χ1n) is 8.98. The molecule has 2 aromatic carbocycles. The molecule has 2 heterocycles. The lowest BCUT2D eigenvalue weighted by atomic mass is 9.84. The largest absolute Gasteiger partial charge is 0.371 e. The summed E-state index contributed by atoms with van der Waals surface area (Å²) in [6, 6.07) is 10.8. The Bertz CT molecular complexity index is 927. The van der Waals surface area contributed by atoms with Crippen molar-refractivity contribution in [2.45, 2.75) is 35.1 Å². The van der Waals surface area contributed by atoms with Crippen LogP contribution in [0.3, 0.4) is 0 Å². The Balaban J connectivity index is 1.79. The quantitative estimate of drug-likeness (QED) is 0.821. The number of fused-ring (bicyclic) bond motifs is 3. The molecule has 4 nitrogen and oxygen atoms in total. The van der Waals surface area contributed by atoms with E-state index in [1.165, 1.54) is 24.3 Å². The summed E-state index contributed by atoms with van der Waals surface area (Å²) in [5.74, 6) is 0.297. The molecule has 0 amide bonds. The Morgan fingerprint density at radius 3 is 2.54 bits per heavy atom. The van der Waals surface area contributed by atoms with E-state index >= 15 is 0 Å². The first-order chi connectivity index (χ1) is 12.4. The molecule has 26 heavy (non-hydrogen) atoms. The molecule has 0 spiro atoms. The molecule has 2 aliphatic heterocycles. The standard InChI is InChI=1S/C20H23FN2O2S/c1-13-12-22-10-9-19-20(13)17-11-16(7-8-18(17)23(19)2)26(24,25)15-5-3-14(21)4-6-15/h3-8,11,13,19-20,22H,9-10,12H2,1-2H3/t13?,19-,20-/m1/s1. The summed E-state index contributed by atoms with van der Waals surface area (Å²) in [5, 5.41) is 3.47. The number of nitrogens with one attached hydrogen (secondary N) is 1. The van der Waals surface area contributed by atoms with E-state index in [-0.39, 0.29) is 9.79 Å². The number of hydrogen-bond acceptors (Lipinski definition) is 4. The zero-order valence-corrected chi connectivity index (χ0v) is 15.8. The van der Waals surface area contributed by atoms with Crippen LogP contribution >= 0.6 is 0 Å². The molecule has 6 heteroatoms. The maximum Gasteiger partial charge on any atom is 0.206 e. The summed E-state index contributed by atoms with van der Waals surface area (Å²) in [6.45, 7) is 4.13. The van der Waals surface area contributed by atoms with Gasteiger partial charge >= 0.3 is 0 Å². The van der Waals surface area contributed by atoms with Crippen LogP contribution in [0, 0.1) is 11.7 Å². The Kier molecular flexibility index (Phi) is 4.28. The predicted molar refractivity (Wildman–Crippen MR) is 99.9 cm³/mol. The number of sulfone groups is 1. The number of hydrogen-bond donors (Lipinski definition) is 1. The molecular formula is C20H23FN2O2S. The molecule has 2 aliphatic rings. The van der Waals surface area contributed by atoms with Crippen LogP contribution in [0.2, 0.25) is 0 Å². The highest BCUT2D eigenvalue weighted by atomic mass is 32.2. The predicted octanol–water partition coefficient (Wildman–Crippen LogP) is 3.19. The van der Waals surface area contributed by atoms with Crippen molar-refractivity contribution in [3.63, 3.8) is 0 Å². The van der Waals surface area contributed by atoms with E-state index in [2.05, 4.69) is 24.2 Å². The van der Waals surface area contributed by atoms with Gasteiger partial charge in [0.2, 0.25) is 9.84 Å². The third kappa shape index (κ3) is 2.72. The lowest BCUT2D eigenvalue weighted by Gasteiger charge is -2.27. The topological polar surface area (TPSA) is 49.4 Å². The van der Waals surface area contributed by atoms with Gasteiger partial charge in [-0.15, -0.1) is 0 Å². The molecule has 0 saturated carbocycles. The van der Waals surface area contributed by atoms with Crippen LogP contribution in [0.25, 0.3) is 0 Å². The Morgan fingerprint density at radius 1 is 1.12 bits per heavy atom. The van der Waals surface area contributed by atoms with Crippen molar-refractivity contribution in [3.05, 3.63) is 53.8 Å². The number of benzene rings is 2. The molecule has 0 bridgehead atoms. The molecule has 0 aromatic heterocycles. The summed E-state index contributed by atoms with van der Waals surface area (Å²) >= 11 is 0. The van der Waals surface area contributed by atoms with Crippen LogP contribution in [0.15, 0.2) is 52.3 Å². The number of likely N-dealkylation sites (N-methyl/N-ethyl adjacent to an activating group) is 1. The van der Waals surface area contributed by atoms with E-state index in [4.69, 9.17) is 0 Å². The molecule has 1 unspecified atom stereocenters. The maximum atomic E-state index is 13.2. The summed E-state index contributed by atoms with van der Waals surface area (Å²) in [7, 11) is -1.57. The lowest BCUT2D eigenvalue weighted by Crippen LogP contribution is -2.32. The van der Waals surface area contributed by atoms with Gasteiger partial charge in [-0.25, -0.2) is 12.8 Å². The van der Waals surface area contributed by atoms with Crippen molar-refractivity contribution in [2.24, 2.45) is 5.92 Å². The van der Waals surface area contributed by atoms with Gasteiger partial charge in [0.15, 0.2) is 0 Å². The fourth-order valence-corrected chi connectivity index (χ4v) is 5.73. The summed E-state index contributed by atoms with van der Waals surface area (Å²) < 4.78 is 39.1. The molecular weight excluding hydrogens is 351 g/mol. The van der Waals surface area contributed by atoms with Crippen molar-refractivity contribution in [2.75, 3.05) is 25.0 Å². The van der Waals surface area contributed by atoms with Gasteiger partial charge < -0.3 is 10.2 Å². The molecule has 1 fully saturated rings. The van der Waals surface area contributed by atoms with Crippen LogP contribution in [-0.2, 0) is 9.84 Å². The van der Waals surface area contributed by atoms with Gasteiger partial charge in [-0.05, 0) is 73.5 Å². The van der Waals surface area contributed by atoms with Gasteiger partial charge in [-0.3, -0.25) is 0 Å². The normalized spacial score (nSPS) is 25.5. The smallest absolute Gasteiger partial charge is 0.206 e. The van der Waals surface area contributed by atoms with E-state index in [1.807, 2.05) is 12.1 Å². The molecule has 3 atom stereocenters.